The van der Waals surface area contributed by atoms with Crippen molar-refractivity contribution in [3.05, 3.63) is 65.2 Å². The molecule has 0 bridgehead atoms. The Balaban J connectivity index is 2.05. The fourth-order valence-electron chi connectivity index (χ4n) is 2.20. The van der Waals surface area contributed by atoms with Gasteiger partial charge in [0.05, 0.1) is 11.7 Å². The van der Waals surface area contributed by atoms with Crippen LogP contribution in [0.4, 0.5) is 0 Å². The van der Waals surface area contributed by atoms with Crippen LogP contribution in [0.2, 0.25) is 0 Å². The minimum atomic E-state index is 0.0658. The van der Waals surface area contributed by atoms with E-state index in [-0.39, 0.29) is 11.9 Å². The molecule has 21 heavy (non-hydrogen) atoms. The molecule has 0 aliphatic heterocycles. The number of ketones is 1. The van der Waals surface area contributed by atoms with Gasteiger partial charge in [0.15, 0.2) is 5.78 Å². The van der Waals surface area contributed by atoms with Crippen molar-refractivity contribution in [2.24, 2.45) is 0 Å². The van der Waals surface area contributed by atoms with E-state index in [4.69, 9.17) is 4.74 Å². The number of hydrogen-bond donors (Lipinski definition) is 0. The fourth-order valence-corrected chi connectivity index (χ4v) is 2.20. The van der Waals surface area contributed by atoms with Crippen LogP contribution in [-0.2, 0) is 6.42 Å². The molecule has 0 aliphatic rings. The molecule has 0 saturated carbocycles. The first kappa shape index (κ1) is 15.3. The largest absolute Gasteiger partial charge is 0.490 e. The smallest absolute Gasteiger partial charge is 0.166 e. The lowest BCUT2D eigenvalue weighted by atomic mass is 10.0. The van der Waals surface area contributed by atoms with Crippen LogP contribution >= 0.6 is 0 Å². The van der Waals surface area contributed by atoms with Gasteiger partial charge in [0, 0.05) is 6.42 Å². The zero-order valence-electron chi connectivity index (χ0n) is 12.9. The second-order valence-corrected chi connectivity index (χ2v) is 5.57. The molecule has 0 amide bonds. The minimum absolute atomic E-state index is 0.0658. The Morgan fingerprint density at radius 3 is 2.38 bits per heavy atom. The van der Waals surface area contributed by atoms with Crippen molar-refractivity contribution in [3.8, 4) is 5.75 Å². The molecule has 0 aromatic heterocycles. The van der Waals surface area contributed by atoms with Gasteiger partial charge in [0.2, 0.25) is 0 Å². The number of carbonyl (C=O) groups excluding carboxylic acids is 1. The van der Waals surface area contributed by atoms with E-state index in [0.29, 0.717) is 17.7 Å². The average Bonchev–Trinajstić information content (AvgIpc) is 2.46. The van der Waals surface area contributed by atoms with Gasteiger partial charge in [0.1, 0.15) is 5.75 Å². The van der Waals surface area contributed by atoms with Crippen LogP contribution in [0, 0.1) is 6.92 Å². The number of benzene rings is 2. The highest BCUT2D eigenvalue weighted by molar-refractivity contribution is 5.98. The van der Waals surface area contributed by atoms with Crippen molar-refractivity contribution in [2.75, 3.05) is 0 Å². The van der Waals surface area contributed by atoms with Crippen molar-refractivity contribution < 1.29 is 9.53 Å². The lowest BCUT2D eigenvalue weighted by Crippen LogP contribution is -2.10. The third-order valence-corrected chi connectivity index (χ3v) is 3.31. The fraction of sp³-hybridized carbons (Fsp3) is 0.316. The van der Waals surface area contributed by atoms with Gasteiger partial charge in [0.25, 0.3) is 0 Å². The molecule has 2 rings (SSSR count). The van der Waals surface area contributed by atoms with Crippen molar-refractivity contribution >= 4 is 5.78 Å². The molecule has 0 unspecified atom stereocenters. The highest BCUT2D eigenvalue weighted by Gasteiger charge is 2.13. The molecule has 0 heterocycles. The van der Waals surface area contributed by atoms with Gasteiger partial charge in [-0.1, -0.05) is 42.0 Å². The molecule has 0 N–H and O–H groups in total. The molecular formula is C19H22O2. The molecule has 2 heteroatoms. The average molecular weight is 282 g/mol. The molecule has 2 aromatic carbocycles. The zero-order valence-corrected chi connectivity index (χ0v) is 12.9. The molecule has 0 spiro atoms. The van der Waals surface area contributed by atoms with Gasteiger partial charge in [-0.15, -0.1) is 0 Å². The quantitative estimate of drug-likeness (QED) is 0.724. The molecule has 0 saturated heterocycles. The van der Waals surface area contributed by atoms with Crippen LogP contribution in [0.5, 0.6) is 5.75 Å². The highest BCUT2D eigenvalue weighted by atomic mass is 16.5. The third kappa shape index (κ3) is 4.45. The van der Waals surface area contributed by atoms with E-state index >= 15 is 0 Å². The van der Waals surface area contributed by atoms with E-state index in [1.807, 2.05) is 38.1 Å². The molecule has 0 atom stereocenters. The molecule has 0 fully saturated rings. The Labute approximate surface area is 126 Å². The lowest BCUT2D eigenvalue weighted by molar-refractivity contribution is 0.0977. The number of aryl methyl sites for hydroxylation is 2. The van der Waals surface area contributed by atoms with Crippen LogP contribution in [0.1, 0.15) is 41.8 Å². The standard InChI is InChI=1S/C19H22O2/c1-14(2)21-19-7-5-4-6-17(19)18(20)13-12-16-10-8-15(3)9-11-16/h4-11,14H,12-13H2,1-3H3. The number of carbonyl (C=O) groups is 1. The van der Waals surface area contributed by atoms with Crippen molar-refractivity contribution in [3.63, 3.8) is 0 Å². The summed E-state index contributed by atoms with van der Waals surface area (Å²) < 4.78 is 5.71. The van der Waals surface area contributed by atoms with Crippen molar-refractivity contribution in [1.82, 2.24) is 0 Å². The van der Waals surface area contributed by atoms with Crippen molar-refractivity contribution in [2.45, 2.75) is 39.7 Å². The summed E-state index contributed by atoms with van der Waals surface area (Å²) in [6.07, 6.45) is 1.33. The Kier molecular flexibility index (Phi) is 5.15. The highest BCUT2D eigenvalue weighted by Crippen LogP contribution is 2.21. The van der Waals surface area contributed by atoms with E-state index in [2.05, 4.69) is 31.2 Å². The number of para-hydroxylation sites is 1. The van der Waals surface area contributed by atoms with Gasteiger partial charge >= 0.3 is 0 Å². The SMILES string of the molecule is Cc1ccc(CCC(=O)c2ccccc2OC(C)C)cc1. The van der Waals surface area contributed by atoms with E-state index in [0.717, 1.165) is 6.42 Å². The maximum Gasteiger partial charge on any atom is 0.166 e. The Morgan fingerprint density at radius 2 is 1.71 bits per heavy atom. The lowest BCUT2D eigenvalue weighted by Gasteiger charge is -2.13. The van der Waals surface area contributed by atoms with Gasteiger partial charge < -0.3 is 4.74 Å². The Bertz CT molecular complexity index is 597. The second kappa shape index (κ2) is 7.07. The number of Topliss-reactive ketones (excluding diaryl/α,β-unsaturated/α-hetero) is 1. The van der Waals surface area contributed by atoms with Crippen LogP contribution < -0.4 is 4.74 Å². The monoisotopic (exact) mass is 282 g/mol. The molecule has 2 aromatic rings. The van der Waals surface area contributed by atoms with Crippen LogP contribution in [0.15, 0.2) is 48.5 Å². The predicted molar refractivity (Wildman–Crippen MR) is 86.0 cm³/mol. The van der Waals surface area contributed by atoms with Gasteiger partial charge in [-0.05, 0) is 44.9 Å². The van der Waals surface area contributed by atoms with Gasteiger partial charge in [-0.25, -0.2) is 0 Å². The summed E-state index contributed by atoms with van der Waals surface area (Å²) in [4.78, 5) is 12.4. The topological polar surface area (TPSA) is 26.3 Å². The number of ether oxygens (including phenoxy) is 1. The van der Waals surface area contributed by atoms with E-state index in [9.17, 15) is 4.79 Å². The summed E-state index contributed by atoms with van der Waals surface area (Å²) in [5.41, 5.74) is 3.11. The van der Waals surface area contributed by atoms with Gasteiger partial charge in [-0.2, -0.15) is 0 Å². The maximum absolute atomic E-state index is 12.4. The molecule has 0 radical (unpaired) electrons. The summed E-state index contributed by atoms with van der Waals surface area (Å²) in [5, 5.41) is 0. The zero-order chi connectivity index (χ0) is 15.2. The summed E-state index contributed by atoms with van der Waals surface area (Å²) in [6.45, 7) is 6.00. The normalized spacial score (nSPS) is 10.7. The molecule has 2 nitrogen and oxygen atoms in total. The van der Waals surface area contributed by atoms with Crippen LogP contribution in [-0.4, -0.2) is 11.9 Å². The molecular weight excluding hydrogens is 260 g/mol. The molecule has 110 valence electrons. The molecule has 0 aliphatic carbocycles. The van der Waals surface area contributed by atoms with Gasteiger partial charge in [-0.3, -0.25) is 4.79 Å². The Hall–Kier alpha value is -2.09. The van der Waals surface area contributed by atoms with Crippen LogP contribution in [0.25, 0.3) is 0 Å². The minimum Gasteiger partial charge on any atom is -0.490 e. The first-order chi connectivity index (χ1) is 10.1. The number of rotatable bonds is 6. The number of hydrogen-bond acceptors (Lipinski definition) is 2. The summed E-state index contributed by atoms with van der Waals surface area (Å²) in [5.74, 6) is 0.813. The first-order valence-corrected chi connectivity index (χ1v) is 7.40. The van der Waals surface area contributed by atoms with Crippen LogP contribution in [0.3, 0.4) is 0 Å². The van der Waals surface area contributed by atoms with E-state index < -0.39 is 0 Å². The van der Waals surface area contributed by atoms with Crippen molar-refractivity contribution in [1.29, 1.82) is 0 Å². The Morgan fingerprint density at radius 1 is 1.05 bits per heavy atom. The predicted octanol–water partition coefficient (Wildman–Crippen LogP) is 4.60. The maximum atomic E-state index is 12.4. The summed E-state index contributed by atoms with van der Waals surface area (Å²) >= 11 is 0. The summed E-state index contributed by atoms with van der Waals surface area (Å²) in [7, 11) is 0. The first-order valence-electron chi connectivity index (χ1n) is 7.40. The second-order valence-electron chi connectivity index (χ2n) is 5.57. The van der Waals surface area contributed by atoms with E-state index in [1.165, 1.54) is 11.1 Å². The van der Waals surface area contributed by atoms with E-state index in [1.54, 1.807) is 0 Å². The third-order valence-electron chi connectivity index (χ3n) is 3.31. The summed E-state index contributed by atoms with van der Waals surface area (Å²) in [6, 6.07) is 15.8.